The predicted molar refractivity (Wildman–Crippen MR) is 68.2 cm³/mol. The predicted octanol–water partition coefficient (Wildman–Crippen LogP) is 2.46. The second-order valence-electron chi connectivity index (χ2n) is 4.44. The molecule has 0 unspecified atom stereocenters. The molecule has 3 heterocycles. The van der Waals surface area contributed by atoms with Gasteiger partial charge in [0, 0.05) is 25.0 Å². The van der Waals surface area contributed by atoms with E-state index >= 15 is 0 Å². The molecule has 0 bridgehead atoms. The zero-order valence-electron chi connectivity index (χ0n) is 9.49. The third-order valence-electron chi connectivity index (χ3n) is 3.22. The monoisotopic (exact) mass is 250 g/mol. The summed E-state index contributed by atoms with van der Waals surface area (Å²) < 4.78 is 2.19. The third kappa shape index (κ3) is 2.23. The summed E-state index contributed by atoms with van der Waals surface area (Å²) >= 11 is 5.89. The first-order valence-electron chi connectivity index (χ1n) is 5.91. The highest BCUT2D eigenvalue weighted by Gasteiger charge is 2.15. The van der Waals surface area contributed by atoms with Crippen molar-refractivity contribution in [2.24, 2.45) is 0 Å². The number of hydrogen-bond acceptors (Lipinski definition) is 2. The van der Waals surface area contributed by atoms with Gasteiger partial charge in [-0.1, -0.05) is 11.6 Å². The average Bonchev–Trinajstić information content (AvgIpc) is 2.98. The van der Waals surface area contributed by atoms with E-state index in [4.69, 9.17) is 11.6 Å². The van der Waals surface area contributed by atoms with Crippen LogP contribution in [0.25, 0.3) is 11.4 Å². The van der Waals surface area contributed by atoms with Crippen molar-refractivity contribution < 1.29 is 0 Å². The SMILES string of the molecule is Clc1c[nH]c(-c2cn([C@H]3CCCNC3)cn2)c1. The fraction of sp³-hybridized carbons (Fsp3) is 0.417. The van der Waals surface area contributed by atoms with Gasteiger partial charge in [-0.05, 0) is 25.5 Å². The van der Waals surface area contributed by atoms with Gasteiger partial charge in [-0.15, -0.1) is 0 Å². The van der Waals surface area contributed by atoms with E-state index in [0.717, 1.165) is 24.5 Å². The molecule has 1 atom stereocenters. The maximum atomic E-state index is 5.89. The van der Waals surface area contributed by atoms with E-state index in [0.29, 0.717) is 11.1 Å². The van der Waals surface area contributed by atoms with Gasteiger partial charge in [0.2, 0.25) is 0 Å². The van der Waals surface area contributed by atoms with Crippen molar-refractivity contribution in [1.82, 2.24) is 19.9 Å². The Balaban J connectivity index is 1.82. The van der Waals surface area contributed by atoms with Crippen LogP contribution in [0.1, 0.15) is 18.9 Å². The lowest BCUT2D eigenvalue weighted by Crippen LogP contribution is -2.31. The number of aromatic nitrogens is 3. The number of hydrogen-bond donors (Lipinski definition) is 2. The highest BCUT2D eigenvalue weighted by Crippen LogP contribution is 2.23. The number of piperidine rings is 1. The van der Waals surface area contributed by atoms with Gasteiger partial charge in [0.1, 0.15) is 5.69 Å². The molecule has 90 valence electrons. The smallest absolute Gasteiger partial charge is 0.104 e. The Morgan fingerprint density at radius 1 is 1.47 bits per heavy atom. The molecule has 2 aromatic rings. The number of rotatable bonds is 2. The Labute approximate surface area is 105 Å². The van der Waals surface area contributed by atoms with Crippen molar-refractivity contribution in [3.63, 3.8) is 0 Å². The Hall–Kier alpha value is -1.26. The molecule has 0 amide bonds. The van der Waals surface area contributed by atoms with Gasteiger partial charge in [-0.2, -0.15) is 0 Å². The number of imidazole rings is 1. The van der Waals surface area contributed by atoms with E-state index in [9.17, 15) is 0 Å². The maximum Gasteiger partial charge on any atom is 0.104 e. The molecule has 0 aliphatic carbocycles. The van der Waals surface area contributed by atoms with Crippen LogP contribution < -0.4 is 5.32 Å². The molecular weight excluding hydrogens is 236 g/mol. The molecule has 0 aromatic carbocycles. The van der Waals surface area contributed by atoms with E-state index in [1.54, 1.807) is 6.20 Å². The van der Waals surface area contributed by atoms with E-state index < -0.39 is 0 Å². The van der Waals surface area contributed by atoms with Gasteiger partial charge < -0.3 is 14.9 Å². The van der Waals surface area contributed by atoms with Crippen molar-refractivity contribution in [3.8, 4) is 11.4 Å². The number of nitrogens with one attached hydrogen (secondary N) is 2. The number of nitrogens with zero attached hydrogens (tertiary/aromatic N) is 2. The molecule has 0 spiro atoms. The summed E-state index contributed by atoms with van der Waals surface area (Å²) in [5, 5.41) is 4.13. The first kappa shape index (κ1) is 10.9. The van der Waals surface area contributed by atoms with Crippen LogP contribution in [0.5, 0.6) is 0 Å². The molecule has 1 saturated heterocycles. The van der Waals surface area contributed by atoms with Crippen molar-refractivity contribution in [2.45, 2.75) is 18.9 Å². The Morgan fingerprint density at radius 2 is 2.41 bits per heavy atom. The number of aromatic amines is 1. The van der Waals surface area contributed by atoms with E-state index in [1.807, 2.05) is 12.4 Å². The summed E-state index contributed by atoms with van der Waals surface area (Å²) in [5.74, 6) is 0. The average molecular weight is 251 g/mol. The molecule has 1 fully saturated rings. The zero-order valence-corrected chi connectivity index (χ0v) is 10.2. The van der Waals surface area contributed by atoms with E-state index in [-0.39, 0.29) is 0 Å². The summed E-state index contributed by atoms with van der Waals surface area (Å²) in [7, 11) is 0. The first-order chi connectivity index (χ1) is 8.33. The first-order valence-corrected chi connectivity index (χ1v) is 6.29. The largest absolute Gasteiger partial charge is 0.358 e. The summed E-state index contributed by atoms with van der Waals surface area (Å²) in [6.45, 7) is 2.16. The lowest BCUT2D eigenvalue weighted by atomic mass is 10.1. The van der Waals surface area contributed by atoms with Gasteiger partial charge in [0.15, 0.2) is 0 Å². The van der Waals surface area contributed by atoms with Crippen LogP contribution in [-0.4, -0.2) is 27.6 Å². The summed E-state index contributed by atoms with van der Waals surface area (Å²) in [4.78, 5) is 7.53. The second-order valence-corrected chi connectivity index (χ2v) is 4.87. The molecule has 3 rings (SSSR count). The minimum atomic E-state index is 0.524. The van der Waals surface area contributed by atoms with Gasteiger partial charge in [0.05, 0.1) is 17.0 Å². The number of halogens is 1. The maximum absolute atomic E-state index is 5.89. The topological polar surface area (TPSA) is 45.6 Å². The summed E-state index contributed by atoms with van der Waals surface area (Å²) in [6.07, 6.45) is 8.21. The van der Waals surface area contributed by atoms with Crippen LogP contribution >= 0.6 is 11.6 Å². The molecule has 2 aromatic heterocycles. The fourth-order valence-electron chi connectivity index (χ4n) is 2.28. The zero-order chi connectivity index (χ0) is 11.7. The van der Waals surface area contributed by atoms with Gasteiger partial charge >= 0.3 is 0 Å². The van der Waals surface area contributed by atoms with E-state index in [1.165, 1.54) is 12.8 Å². The van der Waals surface area contributed by atoms with E-state index in [2.05, 4.69) is 26.0 Å². The highest BCUT2D eigenvalue weighted by molar-refractivity contribution is 6.30. The molecule has 1 aliphatic heterocycles. The Morgan fingerprint density at radius 3 is 3.12 bits per heavy atom. The van der Waals surface area contributed by atoms with Gasteiger partial charge in [-0.25, -0.2) is 4.98 Å². The van der Waals surface area contributed by atoms with Gasteiger partial charge in [0.25, 0.3) is 0 Å². The molecule has 4 nitrogen and oxygen atoms in total. The van der Waals surface area contributed by atoms with Crippen molar-refractivity contribution >= 4 is 11.6 Å². The lowest BCUT2D eigenvalue weighted by Gasteiger charge is -2.23. The normalized spacial score (nSPS) is 20.6. The molecule has 0 radical (unpaired) electrons. The van der Waals surface area contributed by atoms with Crippen molar-refractivity contribution in [3.05, 3.63) is 29.8 Å². The quantitative estimate of drug-likeness (QED) is 0.860. The van der Waals surface area contributed by atoms with Crippen LogP contribution in [0, 0.1) is 0 Å². The Bertz CT molecular complexity index is 496. The molecule has 2 N–H and O–H groups in total. The van der Waals surface area contributed by atoms with Crippen molar-refractivity contribution in [2.75, 3.05) is 13.1 Å². The minimum Gasteiger partial charge on any atom is -0.358 e. The third-order valence-corrected chi connectivity index (χ3v) is 3.44. The fourth-order valence-corrected chi connectivity index (χ4v) is 2.44. The highest BCUT2D eigenvalue weighted by atomic mass is 35.5. The van der Waals surface area contributed by atoms with Crippen LogP contribution in [0.4, 0.5) is 0 Å². The molecule has 0 saturated carbocycles. The van der Waals surface area contributed by atoms with Crippen LogP contribution in [-0.2, 0) is 0 Å². The Kier molecular flexibility index (Phi) is 2.91. The number of H-pyrrole nitrogens is 1. The summed E-state index contributed by atoms with van der Waals surface area (Å²) in [6, 6.07) is 2.42. The molecule has 17 heavy (non-hydrogen) atoms. The molecular formula is C12H15ClN4. The van der Waals surface area contributed by atoms with Crippen LogP contribution in [0.15, 0.2) is 24.8 Å². The van der Waals surface area contributed by atoms with Crippen LogP contribution in [0.3, 0.4) is 0 Å². The van der Waals surface area contributed by atoms with Crippen molar-refractivity contribution in [1.29, 1.82) is 0 Å². The lowest BCUT2D eigenvalue weighted by molar-refractivity contribution is 0.371. The van der Waals surface area contributed by atoms with Crippen LogP contribution in [0.2, 0.25) is 5.02 Å². The summed E-state index contributed by atoms with van der Waals surface area (Å²) in [5.41, 5.74) is 1.92. The molecule has 5 heteroatoms. The minimum absolute atomic E-state index is 0.524. The molecule has 1 aliphatic rings. The second kappa shape index (κ2) is 4.55. The standard InChI is InChI=1S/C12H15ClN4/c13-9-4-11(15-5-9)12-7-17(8-16-12)10-2-1-3-14-6-10/h4-5,7-8,10,14-15H,1-3,6H2/t10-/m0/s1. The van der Waals surface area contributed by atoms with Gasteiger partial charge in [-0.3, -0.25) is 0 Å².